The second kappa shape index (κ2) is 10.5. The molecule has 0 atom stereocenters. The van der Waals surface area contributed by atoms with Gasteiger partial charge < -0.3 is 0 Å². The molecule has 2 saturated carbocycles. The number of hydrogen-bond donors (Lipinski definition) is 0. The van der Waals surface area contributed by atoms with Gasteiger partial charge in [0.05, 0.1) is 0 Å². The van der Waals surface area contributed by atoms with Crippen LogP contribution in [-0.2, 0) is 0 Å². The van der Waals surface area contributed by atoms with Crippen LogP contribution in [0.1, 0.15) is 95.5 Å². The quantitative estimate of drug-likeness (QED) is 0.323. The van der Waals surface area contributed by atoms with Crippen LogP contribution in [0.3, 0.4) is 0 Å². The predicted molar refractivity (Wildman–Crippen MR) is 110 cm³/mol. The van der Waals surface area contributed by atoms with Crippen molar-refractivity contribution in [3.05, 3.63) is 47.3 Å². The van der Waals surface area contributed by atoms with Gasteiger partial charge in [-0.1, -0.05) is 50.7 Å². The summed E-state index contributed by atoms with van der Waals surface area (Å²) in [5.41, 5.74) is 0.631. The van der Waals surface area contributed by atoms with Crippen molar-refractivity contribution in [2.24, 2.45) is 17.8 Å². The lowest BCUT2D eigenvalue weighted by Gasteiger charge is -2.32. The minimum Gasteiger partial charge on any atom is -0.204 e. The maximum atomic E-state index is 13.5. The Balaban J connectivity index is 1.36. The third-order valence-electron chi connectivity index (χ3n) is 7.25. The third kappa shape index (κ3) is 5.87. The van der Waals surface area contributed by atoms with Gasteiger partial charge >= 0.3 is 0 Å². The Morgan fingerprint density at radius 1 is 0.750 bits per heavy atom. The first-order valence-electron chi connectivity index (χ1n) is 11.3. The molecule has 0 aliphatic heterocycles. The summed E-state index contributed by atoms with van der Waals surface area (Å²) in [4.78, 5) is 0. The lowest BCUT2D eigenvalue weighted by molar-refractivity contribution is 0.225. The molecule has 0 nitrogen and oxygen atoms in total. The zero-order chi connectivity index (χ0) is 19.9. The Labute approximate surface area is 168 Å². The molecule has 0 aromatic heterocycles. The summed E-state index contributed by atoms with van der Waals surface area (Å²) in [5.74, 6) is -0.714. The highest BCUT2D eigenvalue weighted by Crippen LogP contribution is 2.40. The summed E-state index contributed by atoms with van der Waals surface area (Å²) < 4.78 is 40.2. The van der Waals surface area contributed by atoms with Gasteiger partial charge in [0.2, 0.25) is 0 Å². The Bertz CT molecular complexity index is 612. The molecule has 0 saturated heterocycles. The van der Waals surface area contributed by atoms with Crippen molar-refractivity contribution in [1.82, 2.24) is 0 Å². The maximum absolute atomic E-state index is 13.5. The highest BCUT2D eigenvalue weighted by Gasteiger charge is 2.26. The van der Waals surface area contributed by atoms with E-state index < -0.39 is 17.5 Å². The molecule has 0 spiro atoms. The highest BCUT2D eigenvalue weighted by molar-refractivity contribution is 5.23. The topological polar surface area (TPSA) is 0 Å². The normalized spacial score (nSPS) is 28.7. The number of halogens is 3. The molecule has 1 aromatic carbocycles. The summed E-state index contributed by atoms with van der Waals surface area (Å²) in [7, 11) is 0. The van der Waals surface area contributed by atoms with Gasteiger partial charge in [-0.25, -0.2) is 13.2 Å². The summed E-state index contributed by atoms with van der Waals surface area (Å²) in [5, 5.41) is 0. The first-order valence-corrected chi connectivity index (χ1v) is 11.3. The number of benzene rings is 1. The molecule has 3 heteroatoms. The molecule has 3 rings (SSSR count). The van der Waals surface area contributed by atoms with Gasteiger partial charge in [-0.2, -0.15) is 0 Å². The molecule has 156 valence electrons. The Kier molecular flexibility index (Phi) is 8.05. The molecule has 0 radical (unpaired) electrons. The van der Waals surface area contributed by atoms with E-state index >= 15 is 0 Å². The van der Waals surface area contributed by atoms with E-state index in [1.54, 1.807) is 0 Å². The van der Waals surface area contributed by atoms with E-state index in [4.69, 9.17) is 0 Å². The van der Waals surface area contributed by atoms with Crippen molar-refractivity contribution in [3.63, 3.8) is 0 Å². The fourth-order valence-corrected chi connectivity index (χ4v) is 5.37. The molecule has 0 bridgehead atoms. The van der Waals surface area contributed by atoms with E-state index in [9.17, 15) is 13.2 Å². The lowest BCUT2D eigenvalue weighted by Crippen LogP contribution is -2.18. The second-order valence-electron chi connectivity index (χ2n) is 9.13. The van der Waals surface area contributed by atoms with Crippen molar-refractivity contribution < 1.29 is 13.2 Å². The third-order valence-corrected chi connectivity index (χ3v) is 7.25. The second-order valence-corrected chi connectivity index (χ2v) is 9.13. The highest BCUT2D eigenvalue weighted by atomic mass is 19.2. The molecular weight excluding hydrogens is 357 g/mol. The van der Waals surface area contributed by atoms with Crippen LogP contribution in [-0.4, -0.2) is 0 Å². The molecule has 1 aromatic rings. The molecular formula is C25H35F3. The van der Waals surface area contributed by atoms with Crippen LogP contribution in [0.25, 0.3) is 0 Å². The fourth-order valence-electron chi connectivity index (χ4n) is 5.37. The van der Waals surface area contributed by atoms with Gasteiger partial charge in [0.15, 0.2) is 17.5 Å². The van der Waals surface area contributed by atoms with Crippen LogP contribution in [0.4, 0.5) is 13.2 Å². The van der Waals surface area contributed by atoms with Crippen LogP contribution in [0, 0.1) is 35.2 Å². The summed E-state index contributed by atoms with van der Waals surface area (Å²) >= 11 is 0. The van der Waals surface area contributed by atoms with Gasteiger partial charge in [0.25, 0.3) is 0 Å². The SMILES string of the molecule is C/C=C/CC[C@H]1CC[C@H](CC[C@H]2CC[C@H](c3cc(F)c(F)c(F)c3)CC2)CC1. The van der Waals surface area contributed by atoms with Crippen molar-refractivity contribution in [1.29, 1.82) is 0 Å². The average Bonchev–Trinajstić information content (AvgIpc) is 2.71. The number of rotatable bonds is 7. The molecule has 0 heterocycles. The van der Waals surface area contributed by atoms with Crippen LogP contribution < -0.4 is 0 Å². The van der Waals surface area contributed by atoms with Crippen LogP contribution in [0.2, 0.25) is 0 Å². The minimum atomic E-state index is -1.35. The van der Waals surface area contributed by atoms with Crippen LogP contribution in [0.15, 0.2) is 24.3 Å². The number of hydrogen-bond acceptors (Lipinski definition) is 0. The summed E-state index contributed by atoms with van der Waals surface area (Å²) in [6.07, 6.45) is 19.4. The van der Waals surface area contributed by atoms with Gasteiger partial charge in [-0.15, -0.1) is 0 Å². The van der Waals surface area contributed by atoms with Gasteiger partial charge in [0.1, 0.15) is 0 Å². The van der Waals surface area contributed by atoms with Crippen molar-refractivity contribution >= 4 is 0 Å². The van der Waals surface area contributed by atoms with Gasteiger partial charge in [0, 0.05) is 0 Å². The Hall–Kier alpha value is -1.25. The molecule has 28 heavy (non-hydrogen) atoms. The first kappa shape index (κ1) is 21.5. The smallest absolute Gasteiger partial charge is 0.194 e. The van der Waals surface area contributed by atoms with Crippen LogP contribution >= 0.6 is 0 Å². The van der Waals surface area contributed by atoms with Gasteiger partial charge in [-0.05, 0) is 86.8 Å². The largest absolute Gasteiger partial charge is 0.204 e. The molecule has 2 aliphatic rings. The summed E-state index contributed by atoms with van der Waals surface area (Å²) in [6.45, 7) is 2.10. The van der Waals surface area contributed by atoms with Crippen molar-refractivity contribution in [2.45, 2.75) is 89.9 Å². The van der Waals surface area contributed by atoms with E-state index in [2.05, 4.69) is 19.1 Å². The maximum Gasteiger partial charge on any atom is 0.194 e. The standard InChI is InChI=1S/C25H35F3/c1-2-3-4-5-18-6-8-19(9-7-18)10-11-20-12-14-21(15-13-20)22-16-23(26)25(28)24(27)17-22/h2-3,16-21H,4-15H2,1H3/b3-2+/t18-,19-,20-,21-. The zero-order valence-corrected chi connectivity index (χ0v) is 17.2. The molecule has 0 N–H and O–H groups in total. The van der Waals surface area contributed by atoms with Crippen molar-refractivity contribution in [2.75, 3.05) is 0 Å². The fraction of sp³-hybridized carbons (Fsp3) is 0.680. The van der Waals surface area contributed by atoms with E-state index in [0.717, 1.165) is 43.4 Å². The lowest BCUT2D eigenvalue weighted by atomic mass is 9.74. The minimum absolute atomic E-state index is 0.174. The van der Waals surface area contributed by atoms with Crippen LogP contribution in [0.5, 0.6) is 0 Å². The van der Waals surface area contributed by atoms with E-state index in [1.165, 1.54) is 63.5 Å². The zero-order valence-electron chi connectivity index (χ0n) is 17.2. The summed E-state index contributed by atoms with van der Waals surface area (Å²) in [6, 6.07) is 2.39. The Morgan fingerprint density at radius 2 is 1.21 bits per heavy atom. The Morgan fingerprint density at radius 3 is 1.71 bits per heavy atom. The molecule has 2 aliphatic carbocycles. The predicted octanol–water partition coefficient (Wildman–Crippen LogP) is 8.32. The number of allylic oxidation sites excluding steroid dienone is 2. The molecule has 0 amide bonds. The molecule has 2 fully saturated rings. The van der Waals surface area contributed by atoms with E-state index in [1.807, 2.05) is 0 Å². The first-order chi connectivity index (χ1) is 13.6. The molecule has 0 unspecified atom stereocenters. The van der Waals surface area contributed by atoms with E-state index in [0.29, 0.717) is 5.56 Å². The van der Waals surface area contributed by atoms with E-state index in [-0.39, 0.29) is 5.92 Å². The monoisotopic (exact) mass is 392 g/mol. The average molecular weight is 393 g/mol. The van der Waals surface area contributed by atoms with Gasteiger partial charge in [-0.3, -0.25) is 0 Å². The van der Waals surface area contributed by atoms with Crippen molar-refractivity contribution in [3.8, 4) is 0 Å².